The normalized spacial score (nSPS) is 16.5. The number of guanidine groups is 1. The molecule has 0 saturated heterocycles. The third-order valence-corrected chi connectivity index (χ3v) is 5.80. The zero-order valence-electron chi connectivity index (χ0n) is 16.8. The predicted octanol–water partition coefficient (Wildman–Crippen LogP) is 4.33. The lowest BCUT2D eigenvalue weighted by molar-refractivity contribution is 0.0411. The average molecular weight is 381 g/mol. The SMILES string of the molecule is CCNC(=NCc1sc(C)nc1C)NCCCCOC1CCCCCC1. The number of hydrogen-bond donors (Lipinski definition) is 2. The zero-order chi connectivity index (χ0) is 18.6. The van der Waals surface area contributed by atoms with Gasteiger partial charge in [0.25, 0.3) is 0 Å². The lowest BCUT2D eigenvalue weighted by Crippen LogP contribution is -2.37. The number of rotatable bonds is 9. The van der Waals surface area contributed by atoms with Crippen molar-refractivity contribution >= 4 is 17.3 Å². The third-order valence-electron chi connectivity index (χ3n) is 4.74. The second kappa shape index (κ2) is 12.3. The molecule has 2 rings (SSSR count). The van der Waals surface area contributed by atoms with Gasteiger partial charge in [-0.25, -0.2) is 9.98 Å². The Morgan fingerprint density at radius 3 is 2.58 bits per heavy atom. The molecule has 0 radical (unpaired) electrons. The molecule has 0 aromatic carbocycles. The Morgan fingerprint density at radius 1 is 1.15 bits per heavy atom. The van der Waals surface area contributed by atoms with E-state index in [9.17, 15) is 0 Å². The lowest BCUT2D eigenvalue weighted by atomic mass is 10.1. The second-order valence-corrected chi connectivity index (χ2v) is 8.34. The van der Waals surface area contributed by atoms with E-state index in [0.717, 1.165) is 49.2 Å². The number of thiazole rings is 1. The van der Waals surface area contributed by atoms with Crippen LogP contribution in [-0.2, 0) is 11.3 Å². The van der Waals surface area contributed by atoms with Crippen LogP contribution in [-0.4, -0.2) is 36.7 Å². The van der Waals surface area contributed by atoms with Gasteiger partial charge in [0, 0.05) is 24.6 Å². The van der Waals surface area contributed by atoms with Crippen molar-refractivity contribution in [2.75, 3.05) is 19.7 Å². The summed E-state index contributed by atoms with van der Waals surface area (Å²) in [6, 6.07) is 0. The third kappa shape index (κ3) is 8.04. The topological polar surface area (TPSA) is 58.5 Å². The van der Waals surface area contributed by atoms with E-state index < -0.39 is 0 Å². The zero-order valence-corrected chi connectivity index (χ0v) is 17.6. The molecule has 2 N–H and O–H groups in total. The van der Waals surface area contributed by atoms with Crippen molar-refractivity contribution in [2.45, 2.75) is 84.8 Å². The summed E-state index contributed by atoms with van der Waals surface area (Å²) in [5.74, 6) is 0.891. The number of hydrogen-bond acceptors (Lipinski definition) is 4. The van der Waals surface area contributed by atoms with Crippen LogP contribution < -0.4 is 10.6 Å². The second-order valence-electron chi connectivity index (χ2n) is 7.05. The number of nitrogens with zero attached hydrogens (tertiary/aromatic N) is 2. The molecule has 26 heavy (non-hydrogen) atoms. The first kappa shape index (κ1) is 21.2. The molecule has 1 saturated carbocycles. The fourth-order valence-electron chi connectivity index (χ4n) is 3.31. The molecule has 1 aliphatic rings. The van der Waals surface area contributed by atoms with Gasteiger partial charge in [-0.2, -0.15) is 0 Å². The van der Waals surface area contributed by atoms with Crippen LogP contribution in [0.4, 0.5) is 0 Å². The first-order chi connectivity index (χ1) is 12.7. The van der Waals surface area contributed by atoms with Gasteiger partial charge in [-0.3, -0.25) is 0 Å². The van der Waals surface area contributed by atoms with Crippen molar-refractivity contribution < 1.29 is 4.74 Å². The highest BCUT2D eigenvalue weighted by Gasteiger charge is 2.11. The van der Waals surface area contributed by atoms with E-state index in [4.69, 9.17) is 9.73 Å². The summed E-state index contributed by atoms with van der Waals surface area (Å²) in [5, 5.41) is 7.86. The van der Waals surface area contributed by atoms with Gasteiger partial charge in [0.05, 0.1) is 23.4 Å². The van der Waals surface area contributed by atoms with E-state index in [0.29, 0.717) is 12.6 Å². The van der Waals surface area contributed by atoms with Crippen LogP contribution in [0.15, 0.2) is 4.99 Å². The Morgan fingerprint density at radius 2 is 1.92 bits per heavy atom. The van der Waals surface area contributed by atoms with E-state index in [1.807, 2.05) is 6.92 Å². The van der Waals surface area contributed by atoms with E-state index in [2.05, 4.69) is 29.5 Å². The van der Waals surface area contributed by atoms with Crippen LogP contribution in [0.1, 0.15) is 73.9 Å². The van der Waals surface area contributed by atoms with Crippen molar-refractivity contribution in [1.29, 1.82) is 0 Å². The van der Waals surface area contributed by atoms with E-state index in [-0.39, 0.29) is 0 Å². The molecule has 0 bridgehead atoms. The summed E-state index contributed by atoms with van der Waals surface area (Å²) < 4.78 is 6.06. The van der Waals surface area contributed by atoms with E-state index in [1.165, 1.54) is 43.4 Å². The molecule has 1 heterocycles. The van der Waals surface area contributed by atoms with Gasteiger partial charge in [0.1, 0.15) is 0 Å². The monoisotopic (exact) mass is 380 g/mol. The highest BCUT2D eigenvalue weighted by Crippen LogP contribution is 2.20. The van der Waals surface area contributed by atoms with Gasteiger partial charge in [-0.15, -0.1) is 11.3 Å². The molecule has 1 aromatic rings. The Hall–Kier alpha value is -1.14. The highest BCUT2D eigenvalue weighted by atomic mass is 32.1. The molecular weight excluding hydrogens is 344 g/mol. The number of aromatic nitrogens is 1. The standard InChI is InChI=1S/C20H36N4OS/c1-4-21-20(23-15-19-16(2)24-17(3)26-19)22-13-9-10-14-25-18-11-7-5-6-8-12-18/h18H,4-15H2,1-3H3,(H2,21,22,23). The van der Waals surface area contributed by atoms with Crippen LogP contribution in [0.2, 0.25) is 0 Å². The first-order valence-electron chi connectivity index (χ1n) is 10.3. The van der Waals surface area contributed by atoms with Crippen molar-refractivity contribution in [2.24, 2.45) is 4.99 Å². The largest absolute Gasteiger partial charge is 0.378 e. The number of nitrogens with one attached hydrogen (secondary N) is 2. The van der Waals surface area contributed by atoms with Gasteiger partial charge in [-0.1, -0.05) is 25.7 Å². The van der Waals surface area contributed by atoms with E-state index in [1.54, 1.807) is 11.3 Å². The Kier molecular flexibility index (Phi) is 10.00. The van der Waals surface area contributed by atoms with Gasteiger partial charge in [0.15, 0.2) is 5.96 Å². The number of aryl methyl sites for hydroxylation is 2. The molecule has 0 amide bonds. The van der Waals surface area contributed by atoms with Crippen molar-refractivity contribution in [3.05, 3.63) is 15.6 Å². The summed E-state index contributed by atoms with van der Waals surface area (Å²) >= 11 is 1.73. The minimum Gasteiger partial charge on any atom is -0.378 e. The lowest BCUT2D eigenvalue weighted by Gasteiger charge is -2.15. The highest BCUT2D eigenvalue weighted by molar-refractivity contribution is 7.11. The predicted molar refractivity (Wildman–Crippen MR) is 111 cm³/mol. The number of ether oxygens (including phenoxy) is 1. The average Bonchev–Trinajstić information content (AvgIpc) is 2.80. The van der Waals surface area contributed by atoms with Crippen LogP contribution in [0.25, 0.3) is 0 Å². The van der Waals surface area contributed by atoms with Crippen LogP contribution in [0.3, 0.4) is 0 Å². The van der Waals surface area contributed by atoms with Gasteiger partial charge < -0.3 is 15.4 Å². The van der Waals surface area contributed by atoms with E-state index >= 15 is 0 Å². The Labute approximate surface area is 163 Å². The molecule has 1 aliphatic carbocycles. The molecule has 0 aliphatic heterocycles. The van der Waals surface area contributed by atoms with Gasteiger partial charge in [0.2, 0.25) is 0 Å². The fraction of sp³-hybridized carbons (Fsp3) is 0.800. The quantitative estimate of drug-likeness (QED) is 0.290. The van der Waals surface area contributed by atoms with Crippen molar-refractivity contribution in [3.63, 3.8) is 0 Å². The molecular formula is C20H36N4OS. The van der Waals surface area contributed by atoms with Crippen LogP contribution >= 0.6 is 11.3 Å². The van der Waals surface area contributed by atoms with Crippen LogP contribution in [0.5, 0.6) is 0 Å². The maximum absolute atomic E-state index is 6.06. The van der Waals surface area contributed by atoms with Crippen LogP contribution in [0, 0.1) is 13.8 Å². The molecule has 1 aromatic heterocycles. The van der Waals surface area contributed by atoms with Crippen molar-refractivity contribution in [1.82, 2.24) is 15.6 Å². The molecule has 5 nitrogen and oxygen atoms in total. The Bertz CT molecular complexity index is 536. The summed E-state index contributed by atoms with van der Waals surface area (Å²) in [4.78, 5) is 10.4. The minimum absolute atomic E-state index is 0.510. The molecule has 0 atom stereocenters. The van der Waals surface area contributed by atoms with Gasteiger partial charge >= 0.3 is 0 Å². The van der Waals surface area contributed by atoms with Crippen molar-refractivity contribution in [3.8, 4) is 0 Å². The fourth-order valence-corrected chi connectivity index (χ4v) is 4.17. The first-order valence-corrected chi connectivity index (χ1v) is 11.1. The summed E-state index contributed by atoms with van der Waals surface area (Å²) in [6.45, 7) is 9.59. The molecule has 148 valence electrons. The van der Waals surface area contributed by atoms with Gasteiger partial charge in [-0.05, 0) is 46.5 Å². The smallest absolute Gasteiger partial charge is 0.191 e. The molecule has 0 spiro atoms. The summed E-state index contributed by atoms with van der Waals surface area (Å²) in [5.41, 5.74) is 1.10. The molecule has 6 heteroatoms. The summed E-state index contributed by atoms with van der Waals surface area (Å²) in [6.07, 6.45) is 10.7. The number of aliphatic imine (C=N–C) groups is 1. The number of unbranched alkanes of at least 4 members (excludes halogenated alkanes) is 1. The minimum atomic E-state index is 0.510. The maximum atomic E-state index is 6.06. The Balaban J connectivity index is 1.63. The molecule has 0 unspecified atom stereocenters. The molecule has 1 fully saturated rings. The summed E-state index contributed by atoms with van der Waals surface area (Å²) in [7, 11) is 0. The maximum Gasteiger partial charge on any atom is 0.191 e.